The second-order valence-corrected chi connectivity index (χ2v) is 3.63. The van der Waals surface area contributed by atoms with Crippen LogP contribution >= 0.6 is 12.2 Å². The molecule has 0 bridgehead atoms. The van der Waals surface area contributed by atoms with Crippen LogP contribution in [0.3, 0.4) is 0 Å². The molecule has 0 atom stereocenters. The minimum atomic E-state index is 0.792. The maximum Gasteiger partial charge on any atom is 0.0765 e. The molecule has 0 fully saturated rings. The third-order valence-electron chi connectivity index (χ3n) is 1.58. The molecule has 0 amide bonds. The summed E-state index contributed by atoms with van der Waals surface area (Å²) < 4.78 is 0. The number of hydrogen-bond donors (Lipinski definition) is 1. The van der Waals surface area contributed by atoms with Crippen LogP contribution in [0.15, 0.2) is 23.4 Å². The molecule has 1 nitrogen and oxygen atoms in total. The van der Waals surface area contributed by atoms with E-state index in [0.29, 0.717) is 0 Å². The third-order valence-corrected chi connectivity index (χ3v) is 1.68. The molecular formula is C10H17NS. The molecule has 0 aromatic carbocycles. The molecule has 0 heterocycles. The van der Waals surface area contributed by atoms with E-state index in [-0.39, 0.29) is 0 Å². The maximum absolute atomic E-state index is 4.97. The first-order valence-electron chi connectivity index (χ1n) is 4.12. The van der Waals surface area contributed by atoms with E-state index in [4.69, 9.17) is 12.2 Å². The largest absolute Gasteiger partial charge is 0.350 e. The zero-order valence-corrected chi connectivity index (χ0v) is 9.14. The molecule has 0 aromatic heterocycles. The summed E-state index contributed by atoms with van der Waals surface area (Å²) in [6.07, 6.45) is 0.954. The molecule has 1 N–H and O–H groups in total. The Kier molecular flexibility index (Phi) is 4.83. The van der Waals surface area contributed by atoms with Gasteiger partial charge in [0.05, 0.1) is 4.99 Å². The smallest absolute Gasteiger partial charge is 0.0765 e. The van der Waals surface area contributed by atoms with Gasteiger partial charge in [-0.3, -0.25) is 0 Å². The highest BCUT2D eigenvalue weighted by molar-refractivity contribution is 7.80. The zero-order valence-electron chi connectivity index (χ0n) is 8.32. The summed E-state index contributed by atoms with van der Waals surface area (Å²) in [5.74, 6) is 0. The molecule has 0 aliphatic heterocycles. The van der Waals surface area contributed by atoms with E-state index in [1.165, 1.54) is 5.57 Å². The number of nitrogens with one attached hydrogen (secondary N) is 1. The highest BCUT2D eigenvalue weighted by Gasteiger charge is 2.02. The molecule has 0 aliphatic rings. The lowest BCUT2D eigenvalue weighted by Crippen LogP contribution is -2.19. The minimum absolute atomic E-state index is 0.792. The molecule has 68 valence electrons. The summed E-state index contributed by atoms with van der Waals surface area (Å²) >= 11 is 4.97. The normalized spacial score (nSPS) is 9.00. The first kappa shape index (κ1) is 11.4. The quantitative estimate of drug-likeness (QED) is 0.533. The second-order valence-electron chi connectivity index (χ2n) is 3.01. The number of allylic oxidation sites excluding steroid dienone is 2. The molecule has 0 rings (SSSR count). The molecule has 2 heteroatoms. The zero-order chi connectivity index (χ0) is 9.72. The average molecular weight is 183 g/mol. The van der Waals surface area contributed by atoms with Gasteiger partial charge in [0.2, 0.25) is 0 Å². The Morgan fingerprint density at radius 2 is 1.83 bits per heavy atom. The van der Waals surface area contributed by atoms with E-state index < -0.39 is 0 Å². The second kappa shape index (κ2) is 5.09. The van der Waals surface area contributed by atoms with Crippen LogP contribution < -0.4 is 5.32 Å². The van der Waals surface area contributed by atoms with Gasteiger partial charge in [-0.2, -0.15) is 0 Å². The van der Waals surface area contributed by atoms with Crippen molar-refractivity contribution in [2.75, 3.05) is 0 Å². The lowest BCUT2D eigenvalue weighted by atomic mass is 10.1. The van der Waals surface area contributed by atoms with E-state index in [1.54, 1.807) is 0 Å². The predicted molar refractivity (Wildman–Crippen MR) is 59.2 cm³/mol. The minimum Gasteiger partial charge on any atom is -0.350 e. The van der Waals surface area contributed by atoms with Gasteiger partial charge < -0.3 is 5.32 Å². The molecule has 0 spiro atoms. The Morgan fingerprint density at radius 3 is 2.08 bits per heavy atom. The van der Waals surface area contributed by atoms with Crippen molar-refractivity contribution in [3.63, 3.8) is 0 Å². The first-order valence-corrected chi connectivity index (χ1v) is 4.53. The van der Waals surface area contributed by atoms with E-state index in [9.17, 15) is 0 Å². The summed E-state index contributed by atoms with van der Waals surface area (Å²) in [4.78, 5) is 0.792. The number of rotatable bonds is 3. The van der Waals surface area contributed by atoms with Gasteiger partial charge in [-0.25, -0.2) is 0 Å². The fourth-order valence-corrected chi connectivity index (χ4v) is 1.02. The Bertz CT molecular complexity index is 222. The van der Waals surface area contributed by atoms with Crippen LogP contribution in [-0.4, -0.2) is 4.99 Å². The van der Waals surface area contributed by atoms with Gasteiger partial charge in [0, 0.05) is 5.70 Å². The average Bonchev–Trinajstić information content (AvgIpc) is 1.98. The molecule has 0 radical (unpaired) electrons. The molecule has 0 aromatic rings. The standard InChI is InChI=1S/C10H17NS/c1-6-8(4)10(7(2)3)11-9(5)12/h4,6H2,1-3,5H3,(H,11,12). The monoisotopic (exact) mass is 183 g/mol. The highest BCUT2D eigenvalue weighted by atomic mass is 32.1. The Labute approximate surface area is 80.6 Å². The fourth-order valence-electron chi connectivity index (χ4n) is 0.920. The Morgan fingerprint density at radius 1 is 1.33 bits per heavy atom. The van der Waals surface area contributed by atoms with Crippen molar-refractivity contribution in [2.24, 2.45) is 0 Å². The van der Waals surface area contributed by atoms with Crippen molar-refractivity contribution in [3.05, 3.63) is 23.4 Å². The summed E-state index contributed by atoms with van der Waals surface area (Å²) in [6, 6.07) is 0. The lowest BCUT2D eigenvalue weighted by Gasteiger charge is -2.13. The molecular weight excluding hydrogens is 166 g/mol. The summed E-state index contributed by atoms with van der Waals surface area (Å²) in [6.45, 7) is 12.0. The van der Waals surface area contributed by atoms with Gasteiger partial charge in [-0.15, -0.1) is 0 Å². The highest BCUT2D eigenvalue weighted by Crippen LogP contribution is 2.12. The van der Waals surface area contributed by atoms with Gasteiger partial charge in [0.15, 0.2) is 0 Å². The Balaban J connectivity index is 4.58. The van der Waals surface area contributed by atoms with Crippen LogP contribution in [-0.2, 0) is 0 Å². The maximum atomic E-state index is 4.97. The van der Waals surface area contributed by atoms with Crippen molar-refractivity contribution in [1.82, 2.24) is 5.32 Å². The van der Waals surface area contributed by atoms with Crippen molar-refractivity contribution in [2.45, 2.75) is 34.1 Å². The van der Waals surface area contributed by atoms with Gasteiger partial charge in [0.1, 0.15) is 0 Å². The van der Waals surface area contributed by atoms with E-state index in [1.807, 2.05) is 6.92 Å². The van der Waals surface area contributed by atoms with Crippen molar-refractivity contribution in [1.29, 1.82) is 0 Å². The van der Waals surface area contributed by atoms with Crippen LogP contribution in [0.4, 0.5) is 0 Å². The lowest BCUT2D eigenvalue weighted by molar-refractivity contribution is 1.01. The van der Waals surface area contributed by atoms with Gasteiger partial charge >= 0.3 is 0 Å². The van der Waals surface area contributed by atoms with Crippen LogP contribution in [0, 0.1) is 0 Å². The molecule has 0 unspecified atom stereocenters. The van der Waals surface area contributed by atoms with Crippen LogP contribution in [0.2, 0.25) is 0 Å². The van der Waals surface area contributed by atoms with E-state index in [0.717, 1.165) is 22.7 Å². The summed E-state index contributed by atoms with van der Waals surface area (Å²) in [7, 11) is 0. The van der Waals surface area contributed by atoms with Gasteiger partial charge in [-0.1, -0.05) is 31.3 Å². The molecule has 0 saturated carbocycles. The van der Waals surface area contributed by atoms with Crippen LogP contribution in [0.25, 0.3) is 0 Å². The molecule has 0 aliphatic carbocycles. The Hall–Kier alpha value is -0.630. The third kappa shape index (κ3) is 3.67. The predicted octanol–water partition coefficient (Wildman–Crippen LogP) is 3.18. The van der Waals surface area contributed by atoms with Crippen molar-refractivity contribution >= 4 is 17.2 Å². The van der Waals surface area contributed by atoms with Gasteiger partial charge in [-0.05, 0) is 32.8 Å². The number of hydrogen-bond acceptors (Lipinski definition) is 1. The summed E-state index contributed by atoms with van der Waals surface area (Å²) in [5, 5.41) is 3.14. The molecule has 12 heavy (non-hydrogen) atoms. The van der Waals surface area contributed by atoms with Gasteiger partial charge in [0.25, 0.3) is 0 Å². The first-order chi connectivity index (χ1) is 5.49. The summed E-state index contributed by atoms with van der Waals surface area (Å²) in [5.41, 5.74) is 3.43. The van der Waals surface area contributed by atoms with Crippen LogP contribution in [0.5, 0.6) is 0 Å². The van der Waals surface area contributed by atoms with E-state index >= 15 is 0 Å². The van der Waals surface area contributed by atoms with Crippen LogP contribution in [0.1, 0.15) is 34.1 Å². The van der Waals surface area contributed by atoms with Crippen molar-refractivity contribution in [3.8, 4) is 0 Å². The van der Waals surface area contributed by atoms with E-state index in [2.05, 4.69) is 32.7 Å². The molecule has 0 saturated heterocycles. The van der Waals surface area contributed by atoms with Crippen molar-refractivity contribution < 1.29 is 0 Å². The fraction of sp³-hybridized carbons (Fsp3) is 0.500. The SMILES string of the molecule is C=C(CC)C(NC(C)=S)=C(C)C. The topological polar surface area (TPSA) is 12.0 Å². The number of thiocarbonyl (C=S) groups is 1.